The zero-order valence-corrected chi connectivity index (χ0v) is 18.8. The quantitative estimate of drug-likeness (QED) is 0.582. The van der Waals surface area contributed by atoms with Gasteiger partial charge in [0, 0.05) is 36.8 Å². The van der Waals surface area contributed by atoms with Crippen LogP contribution in [0.1, 0.15) is 36.3 Å². The average Bonchev–Trinajstić information content (AvgIpc) is 3.01. The normalized spacial score (nSPS) is 11.3. The molecule has 8 nitrogen and oxygen atoms in total. The number of nitrogens with one attached hydrogen (secondary N) is 2. The molecule has 2 aromatic heterocycles. The number of anilines is 1. The van der Waals surface area contributed by atoms with E-state index < -0.39 is 0 Å². The van der Waals surface area contributed by atoms with Gasteiger partial charge in [0.2, 0.25) is 5.91 Å². The molecule has 0 saturated heterocycles. The second-order valence-electron chi connectivity index (χ2n) is 8.33. The van der Waals surface area contributed by atoms with Crippen molar-refractivity contribution in [3.63, 3.8) is 0 Å². The Labute approximate surface area is 182 Å². The number of hydrogen-bond donors (Lipinski definition) is 2. The van der Waals surface area contributed by atoms with Crippen molar-refractivity contribution in [3.8, 4) is 11.3 Å². The Hall–Kier alpha value is -3.26. The van der Waals surface area contributed by atoms with Gasteiger partial charge in [-0.3, -0.25) is 19.0 Å². The largest absolute Gasteiger partial charge is 0.351 e. The van der Waals surface area contributed by atoms with Crippen molar-refractivity contribution in [2.75, 3.05) is 32.5 Å². The number of rotatable bonds is 8. The van der Waals surface area contributed by atoms with Gasteiger partial charge in [0.1, 0.15) is 5.82 Å². The molecule has 2 N–H and O–H groups in total. The van der Waals surface area contributed by atoms with Crippen molar-refractivity contribution in [1.29, 1.82) is 0 Å². The van der Waals surface area contributed by atoms with Crippen LogP contribution < -0.4 is 10.6 Å². The number of imidazole rings is 1. The lowest BCUT2D eigenvalue weighted by molar-refractivity contribution is -0.116. The summed E-state index contributed by atoms with van der Waals surface area (Å²) in [5.74, 6) is 0.741. The summed E-state index contributed by atoms with van der Waals surface area (Å²) < 4.78 is 1.83. The molecule has 0 aliphatic carbocycles. The number of carbonyl (C=O) groups is 2. The number of aryl methyl sites for hydroxylation is 1. The maximum Gasteiger partial charge on any atom is 0.251 e. The number of nitrogens with zero attached hydrogens (tertiary/aromatic N) is 4. The minimum atomic E-state index is -0.120. The standard InChI is InChI=1S/C23H30N6O2/c1-15(2)11-21(30)27-22-16(3)26-20-13-25-19(14-29(20)22)17-7-6-8-18(12-17)23(31)24-9-10-28(4)5/h6-8,12-15H,9-11H2,1-5H3,(H,24,31)(H,27,30). The molecule has 0 bridgehead atoms. The van der Waals surface area contributed by atoms with Gasteiger partial charge < -0.3 is 15.5 Å². The smallest absolute Gasteiger partial charge is 0.251 e. The summed E-state index contributed by atoms with van der Waals surface area (Å²) >= 11 is 0. The van der Waals surface area contributed by atoms with Crippen molar-refractivity contribution in [2.45, 2.75) is 27.2 Å². The van der Waals surface area contributed by atoms with E-state index in [9.17, 15) is 9.59 Å². The van der Waals surface area contributed by atoms with Gasteiger partial charge in [0.15, 0.2) is 5.65 Å². The molecule has 0 saturated carbocycles. The van der Waals surface area contributed by atoms with Crippen molar-refractivity contribution >= 4 is 23.3 Å². The van der Waals surface area contributed by atoms with Gasteiger partial charge in [-0.05, 0) is 39.1 Å². The lowest BCUT2D eigenvalue weighted by Crippen LogP contribution is -2.31. The molecular weight excluding hydrogens is 392 g/mol. The highest BCUT2D eigenvalue weighted by Gasteiger charge is 2.15. The van der Waals surface area contributed by atoms with Crippen LogP contribution >= 0.6 is 0 Å². The van der Waals surface area contributed by atoms with E-state index in [1.54, 1.807) is 12.3 Å². The van der Waals surface area contributed by atoms with Crippen LogP contribution in [0.2, 0.25) is 0 Å². The molecule has 31 heavy (non-hydrogen) atoms. The maximum absolute atomic E-state index is 12.5. The van der Waals surface area contributed by atoms with Crippen LogP contribution in [0.5, 0.6) is 0 Å². The Kier molecular flexibility index (Phi) is 7.02. The van der Waals surface area contributed by atoms with Crippen molar-refractivity contribution < 1.29 is 9.59 Å². The van der Waals surface area contributed by atoms with E-state index >= 15 is 0 Å². The molecule has 0 aliphatic heterocycles. The minimum absolute atomic E-state index is 0.0466. The number of benzene rings is 1. The second kappa shape index (κ2) is 9.70. The Morgan fingerprint density at radius 2 is 2.00 bits per heavy atom. The van der Waals surface area contributed by atoms with Crippen LogP contribution in [0.25, 0.3) is 16.9 Å². The monoisotopic (exact) mass is 422 g/mol. The summed E-state index contributed by atoms with van der Waals surface area (Å²) in [6.45, 7) is 7.22. The third-order valence-electron chi connectivity index (χ3n) is 4.80. The van der Waals surface area contributed by atoms with E-state index in [0.717, 1.165) is 17.8 Å². The van der Waals surface area contributed by atoms with E-state index in [2.05, 4.69) is 20.6 Å². The summed E-state index contributed by atoms with van der Waals surface area (Å²) in [6, 6.07) is 7.35. The highest BCUT2D eigenvalue weighted by molar-refractivity contribution is 5.95. The Morgan fingerprint density at radius 1 is 1.23 bits per heavy atom. The van der Waals surface area contributed by atoms with E-state index in [1.165, 1.54) is 0 Å². The molecule has 3 rings (SSSR count). The molecule has 8 heteroatoms. The van der Waals surface area contributed by atoms with Crippen LogP contribution in [0.3, 0.4) is 0 Å². The molecule has 0 radical (unpaired) electrons. The maximum atomic E-state index is 12.5. The van der Waals surface area contributed by atoms with E-state index in [4.69, 9.17) is 0 Å². The highest BCUT2D eigenvalue weighted by atomic mass is 16.2. The average molecular weight is 423 g/mol. The Balaban J connectivity index is 1.87. The lowest BCUT2D eigenvalue weighted by Gasteiger charge is -2.11. The zero-order valence-electron chi connectivity index (χ0n) is 18.8. The number of hydrogen-bond acceptors (Lipinski definition) is 5. The molecule has 0 aliphatic rings. The van der Waals surface area contributed by atoms with Gasteiger partial charge in [-0.2, -0.15) is 0 Å². The first-order valence-electron chi connectivity index (χ1n) is 10.4. The van der Waals surface area contributed by atoms with Crippen LogP contribution in [-0.4, -0.2) is 58.3 Å². The van der Waals surface area contributed by atoms with Crippen molar-refractivity contribution in [2.24, 2.45) is 5.92 Å². The van der Waals surface area contributed by atoms with Crippen LogP contribution in [0.4, 0.5) is 5.82 Å². The van der Waals surface area contributed by atoms with Crippen molar-refractivity contribution in [3.05, 3.63) is 47.9 Å². The number of amides is 2. The predicted octanol–water partition coefficient (Wildman–Crippen LogP) is 2.98. The highest BCUT2D eigenvalue weighted by Crippen LogP contribution is 2.23. The van der Waals surface area contributed by atoms with Gasteiger partial charge in [-0.15, -0.1) is 0 Å². The van der Waals surface area contributed by atoms with Crippen LogP contribution in [0, 0.1) is 12.8 Å². The fourth-order valence-electron chi connectivity index (χ4n) is 3.24. The van der Waals surface area contributed by atoms with Crippen LogP contribution in [0.15, 0.2) is 36.7 Å². The van der Waals surface area contributed by atoms with Gasteiger partial charge in [0.25, 0.3) is 5.91 Å². The molecule has 1 aromatic carbocycles. The summed E-state index contributed by atoms with van der Waals surface area (Å²) in [6.07, 6.45) is 3.95. The fourth-order valence-corrected chi connectivity index (χ4v) is 3.24. The molecular formula is C23H30N6O2. The molecule has 164 valence electrons. The topological polar surface area (TPSA) is 91.6 Å². The minimum Gasteiger partial charge on any atom is -0.351 e. The first-order valence-corrected chi connectivity index (χ1v) is 10.4. The van der Waals surface area contributed by atoms with Gasteiger partial charge in [0.05, 0.1) is 17.6 Å². The Bertz CT molecular complexity index is 1090. The first-order chi connectivity index (χ1) is 14.7. The number of fused-ring (bicyclic) bond motifs is 1. The lowest BCUT2D eigenvalue weighted by atomic mass is 10.1. The van der Waals surface area contributed by atoms with E-state index in [-0.39, 0.29) is 17.7 Å². The third kappa shape index (κ3) is 5.67. The zero-order chi connectivity index (χ0) is 22.5. The molecule has 0 spiro atoms. The molecule has 0 fully saturated rings. The van der Waals surface area contributed by atoms with E-state index in [0.29, 0.717) is 35.7 Å². The predicted molar refractivity (Wildman–Crippen MR) is 122 cm³/mol. The summed E-state index contributed by atoms with van der Waals surface area (Å²) in [7, 11) is 3.93. The first kappa shape index (κ1) is 22.4. The molecule has 2 heterocycles. The summed E-state index contributed by atoms with van der Waals surface area (Å²) in [5.41, 5.74) is 3.45. The van der Waals surface area contributed by atoms with Gasteiger partial charge in [-0.25, -0.2) is 4.98 Å². The number of carbonyl (C=O) groups excluding carboxylic acids is 2. The van der Waals surface area contributed by atoms with Gasteiger partial charge >= 0.3 is 0 Å². The molecule has 0 atom stereocenters. The molecule has 2 amide bonds. The van der Waals surface area contributed by atoms with Crippen molar-refractivity contribution in [1.82, 2.24) is 24.6 Å². The number of aromatic nitrogens is 3. The molecule has 3 aromatic rings. The number of likely N-dealkylation sites (N-methyl/N-ethyl adjacent to an activating group) is 1. The third-order valence-corrected chi connectivity index (χ3v) is 4.80. The fraction of sp³-hybridized carbons (Fsp3) is 0.391. The summed E-state index contributed by atoms with van der Waals surface area (Å²) in [5, 5.41) is 5.90. The molecule has 0 unspecified atom stereocenters. The van der Waals surface area contributed by atoms with E-state index in [1.807, 2.05) is 68.6 Å². The van der Waals surface area contributed by atoms with Gasteiger partial charge in [-0.1, -0.05) is 26.0 Å². The second-order valence-corrected chi connectivity index (χ2v) is 8.33. The summed E-state index contributed by atoms with van der Waals surface area (Å²) in [4.78, 5) is 35.8. The SMILES string of the molecule is Cc1nc2cnc(-c3cccc(C(=O)NCCN(C)C)c3)cn2c1NC(=O)CC(C)C. The Morgan fingerprint density at radius 3 is 2.71 bits per heavy atom. The van der Waals surface area contributed by atoms with Crippen LogP contribution in [-0.2, 0) is 4.79 Å².